The van der Waals surface area contributed by atoms with Crippen molar-refractivity contribution in [2.45, 2.75) is 31.5 Å². The summed E-state index contributed by atoms with van der Waals surface area (Å²) >= 11 is 0. The Morgan fingerprint density at radius 2 is 2.25 bits per heavy atom. The zero-order chi connectivity index (χ0) is 16.4. The number of ether oxygens (including phenoxy) is 2. The molecule has 0 radical (unpaired) electrons. The van der Waals surface area contributed by atoms with Crippen molar-refractivity contribution in [3.05, 3.63) is 48.3 Å². The monoisotopic (exact) mass is 324 g/mol. The summed E-state index contributed by atoms with van der Waals surface area (Å²) in [6, 6.07) is 10.2. The minimum atomic E-state index is -0.286. The second kappa shape index (κ2) is 6.61. The minimum absolute atomic E-state index is 0.0190. The van der Waals surface area contributed by atoms with Gasteiger partial charge in [0, 0.05) is 31.0 Å². The van der Waals surface area contributed by atoms with Gasteiger partial charge in [0.1, 0.15) is 18.0 Å². The first-order valence-electron chi connectivity index (χ1n) is 8.39. The molecular formula is C19H20N2O3. The summed E-state index contributed by atoms with van der Waals surface area (Å²) in [5, 5.41) is 2.95. The number of benzene rings is 1. The van der Waals surface area contributed by atoms with E-state index in [1.807, 2.05) is 30.5 Å². The number of hydrogen-bond acceptors (Lipinski definition) is 4. The molecule has 2 aliphatic rings. The lowest BCUT2D eigenvalue weighted by molar-refractivity contribution is -0.130. The van der Waals surface area contributed by atoms with E-state index in [4.69, 9.17) is 9.47 Å². The van der Waals surface area contributed by atoms with Gasteiger partial charge in [-0.1, -0.05) is 12.1 Å². The SMILES string of the molecule is O=C(NCC1Cc2cc(-c3cccnc3)ccc2O1)C1CCCO1. The number of nitrogens with one attached hydrogen (secondary N) is 1. The molecule has 4 rings (SSSR count). The number of fused-ring (bicyclic) bond motifs is 1. The van der Waals surface area contributed by atoms with Gasteiger partial charge >= 0.3 is 0 Å². The van der Waals surface area contributed by atoms with Gasteiger partial charge in [0.05, 0.1) is 6.54 Å². The van der Waals surface area contributed by atoms with E-state index in [0.717, 1.165) is 36.1 Å². The molecule has 24 heavy (non-hydrogen) atoms. The lowest BCUT2D eigenvalue weighted by Gasteiger charge is -2.14. The molecule has 0 bridgehead atoms. The largest absolute Gasteiger partial charge is 0.488 e. The number of rotatable bonds is 4. The van der Waals surface area contributed by atoms with E-state index in [-0.39, 0.29) is 18.1 Å². The van der Waals surface area contributed by atoms with E-state index in [2.05, 4.69) is 16.4 Å². The second-order valence-corrected chi connectivity index (χ2v) is 6.25. The number of pyridine rings is 1. The number of nitrogens with zero attached hydrogens (tertiary/aromatic N) is 1. The van der Waals surface area contributed by atoms with Crippen LogP contribution >= 0.6 is 0 Å². The number of carbonyl (C=O) groups is 1. The van der Waals surface area contributed by atoms with Crippen molar-refractivity contribution in [3.8, 4) is 16.9 Å². The van der Waals surface area contributed by atoms with Gasteiger partial charge in [-0.3, -0.25) is 9.78 Å². The van der Waals surface area contributed by atoms with E-state index in [1.165, 1.54) is 5.56 Å². The summed E-state index contributed by atoms with van der Waals surface area (Å²) in [6.07, 6.45) is 5.89. The van der Waals surface area contributed by atoms with Crippen LogP contribution in [0.2, 0.25) is 0 Å². The molecule has 1 aromatic carbocycles. The predicted octanol–water partition coefficient (Wildman–Crippen LogP) is 2.35. The van der Waals surface area contributed by atoms with Crippen LogP contribution in [0.4, 0.5) is 0 Å². The molecule has 0 saturated carbocycles. The van der Waals surface area contributed by atoms with Crippen molar-refractivity contribution in [2.75, 3.05) is 13.2 Å². The van der Waals surface area contributed by atoms with Crippen LogP contribution in [-0.2, 0) is 16.0 Å². The lowest BCUT2D eigenvalue weighted by Crippen LogP contribution is -2.40. The third kappa shape index (κ3) is 3.12. The summed E-state index contributed by atoms with van der Waals surface area (Å²) in [5.41, 5.74) is 3.40. The summed E-state index contributed by atoms with van der Waals surface area (Å²) in [5.74, 6) is 0.877. The van der Waals surface area contributed by atoms with Gasteiger partial charge in [0.2, 0.25) is 5.91 Å². The smallest absolute Gasteiger partial charge is 0.249 e. The first-order chi connectivity index (χ1) is 11.8. The Bertz CT molecular complexity index is 727. The van der Waals surface area contributed by atoms with Gasteiger partial charge in [-0.2, -0.15) is 0 Å². The van der Waals surface area contributed by atoms with E-state index in [9.17, 15) is 4.79 Å². The van der Waals surface area contributed by atoms with Gasteiger partial charge in [-0.05, 0) is 42.2 Å². The lowest BCUT2D eigenvalue weighted by atomic mass is 10.0. The highest BCUT2D eigenvalue weighted by Crippen LogP contribution is 2.32. The van der Waals surface area contributed by atoms with E-state index >= 15 is 0 Å². The van der Waals surface area contributed by atoms with Gasteiger partial charge in [-0.15, -0.1) is 0 Å². The molecule has 2 aliphatic heterocycles. The summed E-state index contributed by atoms with van der Waals surface area (Å²) in [6.45, 7) is 1.19. The first-order valence-corrected chi connectivity index (χ1v) is 8.39. The quantitative estimate of drug-likeness (QED) is 0.938. The normalized spacial score (nSPS) is 22.0. The molecule has 5 nitrogen and oxygen atoms in total. The maximum Gasteiger partial charge on any atom is 0.249 e. The van der Waals surface area contributed by atoms with Crippen LogP contribution in [0.1, 0.15) is 18.4 Å². The standard InChI is InChI=1S/C19H20N2O3/c22-19(18-4-2-8-23-18)21-12-16-10-15-9-13(5-6-17(15)24-16)14-3-1-7-20-11-14/h1,3,5-7,9,11,16,18H,2,4,8,10,12H2,(H,21,22). The second-order valence-electron chi connectivity index (χ2n) is 6.25. The molecule has 1 aromatic heterocycles. The Morgan fingerprint density at radius 3 is 3.04 bits per heavy atom. The molecule has 2 aromatic rings. The fourth-order valence-electron chi connectivity index (χ4n) is 3.26. The molecule has 0 spiro atoms. The van der Waals surface area contributed by atoms with Crippen LogP contribution in [0.3, 0.4) is 0 Å². The molecule has 3 heterocycles. The van der Waals surface area contributed by atoms with Crippen LogP contribution in [-0.4, -0.2) is 36.3 Å². The van der Waals surface area contributed by atoms with E-state index in [0.29, 0.717) is 13.2 Å². The minimum Gasteiger partial charge on any atom is -0.488 e. The maximum absolute atomic E-state index is 12.0. The van der Waals surface area contributed by atoms with Gasteiger partial charge in [0.15, 0.2) is 0 Å². The van der Waals surface area contributed by atoms with Gasteiger partial charge < -0.3 is 14.8 Å². The van der Waals surface area contributed by atoms with Gasteiger partial charge in [0.25, 0.3) is 0 Å². The Balaban J connectivity index is 1.38. The van der Waals surface area contributed by atoms with Crippen LogP contribution in [0, 0.1) is 0 Å². The van der Waals surface area contributed by atoms with Crippen molar-refractivity contribution in [1.29, 1.82) is 0 Å². The van der Waals surface area contributed by atoms with E-state index < -0.39 is 0 Å². The Morgan fingerprint density at radius 1 is 1.29 bits per heavy atom. The molecular weight excluding hydrogens is 304 g/mol. The number of aromatic nitrogens is 1. The third-order valence-corrected chi connectivity index (χ3v) is 4.52. The van der Waals surface area contributed by atoms with Crippen LogP contribution in [0.5, 0.6) is 5.75 Å². The zero-order valence-corrected chi connectivity index (χ0v) is 13.4. The molecule has 1 N–H and O–H groups in total. The molecule has 124 valence electrons. The maximum atomic E-state index is 12.0. The van der Waals surface area contributed by atoms with Crippen molar-refractivity contribution < 1.29 is 14.3 Å². The van der Waals surface area contributed by atoms with E-state index in [1.54, 1.807) is 6.20 Å². The summed E-state index contributed by atoms with van der Waals surface area (Å²) in [4.78, 5) is 16.2. The highest BCUT2D eigenvalue weighted by atomic mass is 16.5. The van der Waals surface area contributed by atoms with Crippen molar-refractivity contribution in [1.82, 2.24) is 10.3 Å². The average Bonchev–Trinajstić information content (AvgIpc) is 3.29. The number of amides is 1. The van der Waals surface area contributed by atoms with Crippen molar-refractivity contribution in [3.63, 3.8) is 0 Å². The first kappa shape index (κ1) is 15.1. The molecule has 1 saturated heterocycles. The Kier molecular flexibility index (Phi) is 4.17. The van der Waals surface area contributed by atoms with Crippen LogP contribution < -0.4 is 10.1 Å². The molecule has 2 unspecified atom stereocenters. The topological polar surface area (TPSA) is 60.5 Å². The average molecular weight is 324 g/mol. The molecule has 0 aliphatic carbocycles. The van der Waals surface area contributed by atoms with Crippen LogP contribution in [0.25, 0.3) is 11.1 Å². The van der Waals surface area contributed by atoms with Gasteiger partial charge in [-0.25, -0.2) is 0 Å². The highest BCUT2D eigenvalue weighted by molar-refractivity contribution is 5.81. The molecule has 1 amide bonds. The summed E-state index contributed by atoms with van der Waals surface area (Å²) < 4.78 is 11.3. The molecule has 2 atom stereocenters. The van der Waals surface area contributed by atoms with Crippen LogP contribution in [0.15, 0.2) is 42.7 Å². The highest BCUT2D eigenvalue weighted by Gasteiger charge is 2.27. The Hall–Kier alpha value is -2.40. The van der Waals surface area contributed by atoms with Crippen molar-refractivity contribution in [2.24, 2.45) is 0 Å². The summed E-state index contributed by atoms with van der Waals surface area (Å²) in [7, 11) is 0. The third-order valence-electron chi connectivity index (χ3n) is 4.52. The number of hydrogen-bond donors (Lipinski definition) is 1. The fraction of sp³-hybridized carbons (Fsp3) is 0.368. The predicted molar refractivity (Wildman–Crippen MR) is 89.8 cm³/mol. The molecule has 1 fully saturated rings. The fourth-order valence-corrected chi connectivity index (χ4v) is 3.26. The Labute approximate surface area is 141 Å². The molecule has 5 heteroatoms. The number of carbonyl (C=O) groups excluding carboxylic acids is 1. The van der Waals surface area contributed by atoms with Crippen molar-refractivity contribution >= 4 is 5.91 Å². The zero-order valence-electron chi connectivity index (χ0n) is 13.4.